The molecule has 1 saturated heterocycles. The van der Waals surface area contributed by atoms with Gasteiger partial charge < -0.3 is 4.74 Å². The first-order valence-electron chi connectivity index (χ1n) is 6.67. The monoisotopic (exact) mass is 324 g/mol. The number of nitrogens with zero attached hydrogens (tertiary/aromatic N) is 1. The van der Waals surface area contributed by atoms with Crippen molar-refractivity contribution >= 4 is 34.3 Å². The summed E-state index contributed by atoms with van der Waals surface area (Å²) in [6.07, 6.45) is 0. The van der Waals surface area contributed by atoms with Crippen molar-refractivity contribution in [3.8, 4) is 0 Å². The molecule has 0 amide bonds. The third-order valence-electron chi connectivity index (χ3n) is 4.19. The van der Waals surface area contributed by atoms with E-state index in [1.54, 1.807) is 22.4 Å². The minimum atomic E-state index is -0.373. The van der Waals surface area contributed by atoms with Crippen LogP contribution in [0.25, 0.3) is 10.9 Å². The van der Waals surface area contributed by atoms with Gasteiger partial charge in [-0.05, 0) is 18.6 Å². The number of aryl methyl sites for hydroxylation is 1. The van der Waals surface area contributed by atoms with Crippen LogP contribution in [0.5, 0.6) is 0 Å². The lowest BCUT2D eigenvalue weighted by Crippen LogP contribution is -2.49. The van der Waals surface area contributed by atoms with Crippen molar-refractivity contribution in [2.45, 2.75) is 18.4 Å². The summed E-state index contributed by atoms with van der Waals surface area (Å²) in [6.45, 7) is 3.70. The van der Waals surface area contributed by atoms with E-state index in [9.17, 15) is 9.59 Å². The number of ether oxygens (including phenoxy) is 1. The molecule has 1 aromatic heterocycles. The average molecular weight is 325 g/mol. The number of benzene rings is 1. The summed E-state index contributed by atoms with van der Waals surface area (Å²) in [6, 6.07) is 1.76. The van der Waals surface area contributed by atoms with Crippen molar-refractivity contribution in [2.75, 3.05) is 19.0 Å². The molecule has 0 atom stereocenters. The van der Waals surface area contributed by atoms with Gasteiger partial charge in [-0.2, -0.15) is 0 Å². The minimum absolute atomic E-state index is 0.0457. The molecule has 4 rings (SSSR count). The smallest absolute Gasteiger partial charge is 0.328 e. The molecule has 0 unspecified atom stereocenters. The first kappa shape index (κ1) is 13.4. The van der Waals surface area contributed by atoms with Crippen LogP contribution >= 0.6 is 23.4 Å². The van der Waals surface area contributed by atoms with Crippen LogP contribution in [0.15, 0.2) is 20.6 Å². The van der Waals surface area contributed by atoms with E-state index < -0.39 is 0 Å². The van der Waals surface area contributed by atoms with Crippen molar-refractivity contribution in [3.63, 3.8) is 0 Å². The fraction of sp³-hybridized carbons (Fsp3) is 0.429. The lowest BCUT2D eigenvalue weighted by Gasteiger charge is -2.40. The average Bonchev–Trinajstić information content (AvgIpc) is 2.59. The molecule has 2 aliphatic rings. The molecule has 0 bridgehead atoms. The Hall–Kier alpha value is -1.24. The van der Waals surface area contributed by atoms with Crippen molar-refractivity contribution < 1.29 is 4.74 Å². The fourth-order valence-electron chi connectivity index (χ4n) is 2.98. The van der Waals surface area contributed by atoms with Gasteiger partial charge in [0.05, 0.1) is 34.0 Å². The predicted octanol–water partition coefficient (Wildman–Crippen LogP) is 1.77. The number of aromatic nitrogens is 2. The van der Waals surface area contributed by atoms with Crippen LogP contribution in [0.1, 0.15) is 5.56 Å². The van der Waals surface area contributed by atoms with Gasteiger partial charge in [-0.25, -0.2) is 4.79 Å². The van der Waals surface area contributed by atoms with E-state index in [1.807, 2.05) is 6.92 Å². The molecule has 0 aliphatic carbocycles. The Balaban J connectivity index is 2.13. The predicted molar refractivity (Wildman–Crippen MR) is 82.6 cm³/mol. The molecule has 1 fully saturated rings. The van der Waals surface area contributed by atoms with Crippen molar-refractivity contribution in [3.05, 3.63) is 37.5 Å². The minimum Gasteiger partial charge on any atom is -0.380 e. The maximum absolute atomic E-state index is 12.3. The SMILES string of the molecule is Cc1cc2c(=O)[nH]c(=O)n3c2c(c1Cl)SCC1(COC1)C3. The highest BCUT2D eigenvalue weighted by atomic mass is 35.5. The van der Waals surface area contributed by atoms with Gasteiger partial charge in [0.25, 0.3) is 5.56 Å². The number of thioether (sulfide) groups is 1. The van der Waals surface area contributed by atoms with E-state index in [0.717, 1.165) is 16.2 Å². The third-order valence-corrected chi connectivity index (χ3v) is 6.23. The van der Waals surface area contributed by atoms with E-state index in [-0.39, 0.29) is 16.7 Å². The number of hydrogen-bond donors (Lipinski definition) is 1. The van der Waals surface area contributed by atoms with Gasteiger partial charge in [-0.3, -0.25) is 14.3 Å². The molecule has 1 spiro atoms. The van der Waals surface area contributed by atoms with Crippen molar-refractivity contribution in [1.29, 1.82) is 0 Å². The topological polar surface area (TPSA) is 64.1 Å². The van der Waals surface area contributed by atoms with Crippen molar-refractivity contribution in [1.82, 2.24) is 9.55 Å². The van der Waals surface area contributed by atoms with Gasteiger partial charge in [-0.15, -0.1) is 11.8 Å². The molecule has 2 aromatic rings. The number of hydrogen-bond acceptors (Lipinski definition) is 4. The van der Waals surface area contributed by atoms with E-state index >= 15 is 0 Å². The Bertz CT molecular complexity index is 882. The number of aromatic amines is 1. The molecule has 110 valence electrons. The van der Waals surface area contributed by atoms with Gasteiger partial charge in [0.15, 0.2) is 0 Å². The van der Waals surface area contributed by atoms with E-state index in [1.165, 1.54) is 0 Å². The number of H-pyrrole nitrogens is 1. The van der Waals surface area contributed by atoms with Crippen LogP contribution in [0, 0.1) is 12.3 Å². The zero-order valence-electron chi connectivity index (χ0n) is 11.4. The molecule has 7 heteroatoms. The third kappa shape index (κ3) is 1.82. The standard InChI is InChI=1S/C14H13ClN2O3S/c1-7-2-8-10-11(9(7)15)21-6-14(4-20-5-14)3-17(10)13(19)16-12(8)18/h2H,3-6H2,1H3,(H,16,18,19). The summed E-state index contributed by atoms with van der Waals surface area (Å²) >= 11 is 8.05. The summed E-state index contributed by atoms with van der Waals surface area (Å²) in [5.41, 5.74) is 0.739. The number of rotatable bonds is 0. The quantitative estimate of drug-likeness (QED) is 0.802. The lowest BCUT2D eigenvalue weighted by molar-refractivity contribution is -0.106. The zero-order valence-corrected chi connectivity index (χ0v) is 12.9. The van der Waals surface area contributed by atoms with Gasteiger partial charge in [0.2, 0.25) is 0 Å². The van der Waals surface area contributed by atoms with E-state index in [0.29, 0.717) is 35.7 Å². The molecule has 21 heavy (non-hydrogen) atoms. The molecule has 3 heterocycles. The molecule has 0 saturated carbocycles. The first-order valence-corrected chi connectivity index (χ1v) is 8.04. The molecular weight excluding hydrogens is 312 g/mol. The van der Waals surface area contributed by atoms with Crippen LogP contribution in [0.3, 0.4) is 0 Å². The molecule has 2 aliphatic heterocycles. The van der Waals surface area contributed by atoms with Gasteiger partial charge >= 0.3 is 5.69 Å². The Morgan fingerprint density at radius 1 is 1.43 bits per heavy atom. The summed E-state index contributed by atoms with van der Waals surface area (Å²) in [4.78, 5) is 27.6. The largest absolute Gasteiger partial charge is 0.380 e. The number of halogens is 1. The Kier molecular flexibility index (Phi) is 2.80. The normalized spacial score (nSPS) is 19.5. The molecule has 0 radical (unpaired) electrons. The van der Waals surface area contributed by atoms with E-state index in [2.05, 4.69) is 4.98 Å². The summed E-state index contributed by atoms with van der Waals surface area (Å²) in [5.74, 6) is 0.834. The number of nitrogens with one attached hydrogen (secondary N) is 1. The summed E-state index contributed by atoms with van der Waals surface area (Å²) < 4.78 is 7.00. The van der Waals surface area contributed by atoms with Crippen LogP contribution in [-0.2, 0) is 11.3 Å². The van der Waals surface area contributed by atoms with E-state index in [4.69, 9.17) is 16.3 Å². The highest BCUT2D eigenvalue weighted by molar-refractivity contribution is 7.99. The second-order valence-corrected chi connectivity index (χ2v) is 7.22. The maximum atomic E-state index is 12.3. The van der Waals surface area contributed by atoms with Crippen LogP contribution in [0.2, 0.25) is 5.02 Å². The van der Waals surface area contributed by atoms with Crippen LogP contribution < -0.4 is 11.2 Å². The Morgan fingerprint density at radius 2 is 2.19 bits per heavy atom. The molecule has 1 aromatic carbocycles. The second kappa shape index (κ2) is 4.38. The summed E-state index contributed by atoms with van der Waals surface area (Å²) in [5, 5.41) is 1.15. The zero-order chi connectivity index (χ0) is 14.8. The first-order chi connectivity index (χ1) is 10.0. The highest BCUT2D eigenvalue weighted by Crippen LogP contribution is 2.44. The fourth-order valence-corrected chi connectivity index (χ4v) is 4.64. The summed E-state index contributed by atoms with van der Waals surface area (Å²) in [7, 11) is 0. The van der Waals surface area contributed by atoms with Crippen LogP contribution in [0.4, 0.5) is 0 Å². The second-order valence-electron chi connectivity index (χ2n) is 5.86. The van der Waals surface area contributed by atoms with Gasteiger partial charge in [0, 0.05) is 17.7 Å². The van der Waals surface area contributed by atoms with Crippen LogP contribution in [-0.4, -0.2) is 28.5 Å². The molecular formula is C14H13ClN2O3S. The maximum Gasteiger partial charge on any atom is 0.328 e. The van der Waals surface area contributed by atoms with Gasteiger partial charge in [0.1, 0.15) is 0 Å². The Labute approximate surface area is 129 Å². The highest BCUT2D eigenvalue weighted by Gasteiger charge is 2.42. The molecule has 1 N–H and O–H groups in total. The van der Waals surface area contributed by atoms with Gasteiger partial charge in [-0.1, -0.05) is 11.6 Å². The van der Waals surface area contributed by atoms with Crippen molar-refractivity contribution in [2.24, 2.45) is 5.41 Å². The molecule has 5 nitrogen and oxygen atoms in total. The Morgan fingerprint density at radius 3 is 2.86 bits per heavy atom. The lowest BCUT2D eigenvalue weighted by atomic mass is 9.88.